The van der Waals surface area contributed by atoms with Crippen molar-refractivity contribution in [1.82, 2.24) is 14.9 Å². The summed E-state index contributed by atoms with van der Waals surface area (Å²) in [6, 6.07) is 7.19. The van der Waals surface area contributed by atoms with Crippen molar-refractivity contribution < 1.29 is 13.2 Å². The number of hydrogen-bond acceptors (Lipinski definition) is 3. The maximum Gasteiger partial charge on any atom is 0.317 e. The number of benzene rings is 1. The number of hydrogen-bond donors (Lipinski definition) is 2. The highest BCUT2D eigenvalue weighted by molar-refractivity contribution is 7.88. The van der Waals surface area contributed by atoms with E-state index >= 15 is 0 Å². The van der Waals surface area contributed by atoms with E-state index in [-0.39, 0.29) is 11.8 Å². The third-order valence-corrected chi connectivity index (χ3v) is 5.46. The van der Waals surface area contributed by atoms with Crippen molar-refractivity contribution in [3.05, 3.63) is 35.4 Å². The summed E-state index contributed by atoms with van der Waals surface area (Å²) in [5.74, 6) is 0.443. The molecule has 1 aromatic carbocycles. The van der Waals surface area contributed by atoms with E-state index in [1.807, 2.05) is 17.0 Å². The molecule has 0 aromatic heterocycles. The van der Waals surface area contributed by atoms with Gasteiger partial charge in [-0.1, -0.05) is 31.2 Å². The number of urea groups is 1. The minimum Gasteiger partial charge on any atom is -0.334 e. The molecule has 0 saturated carbocycles. The van der Waals surface area contributed by atoms with E-state index in [0.29, 0.717) is 18.0 Å². The topological polar surface area (TPSA) is 78.5 Å². The lowest BCUT2D eigenvalue weighted by molar-refractivity contribution is 0.169. The predicted octanol–water partition coefficient (Wildman–Crippen LogP) is 1.68. The van der Waals surface area contributed by atoms with Crippen LogP contribution in [0.5, 0.6) is 0 Å². The Labute approximate surface area is 138 Å². The number of piperidine rings is 1. The summed E-state index contributed by atoms with van der Waals surface area (Å²) >= 11 is 0. The van der Waals surface area contributed by atoms with Gasteiger partial charge in [-0.2, -0.15) is 0 Å². The standard InChI is InChI=1S/C16H25N3O3S/c1-13-6-5-9-19(11-13)16(20)18-10-14-7-3-4-8-15(14)12-23(21,22)17-2/h3-4,7-8,13,17H,5-6,9-12H2,1-2H3,(H,18,20)/t13-/m1/s1. The quantitative estimate of drug-likeness (QED) is 0.857. The molecule has 0 radical (unpaired) electrons. The number of carbonyl (C=O) groups is 1. The second-order valence-corrected chi connectivity index (χ2v) is 8.01. The highest BCUT2D eigenvalue weighted by Gasteiger charge is 2.21. The summed E-state index contributed by atoms with van der Waals surface area (Å²) in [7, 11) is -1.93. The number of rotatable bonds is 5. The molecule has 1 aliphatic heterocycles. The Morgan fingerprint density at radius 3 is 2.65 bits per heavy atom. The summed E-state index contributed by atoms with van der Waals surface area (Å²) < 4.78 is 25.8. The highest BCUT2D eigenvalue weighted by atomic mass is 32.2. The van der Waals surface area contributed by atoms with Crippen LogP contribution >= 0.6 is 0 Å². The number of sulfonamides is 1. The molecule has 1 aromatic rings. The Bertz CT molecular complexity index is 646. The molecule has 2 rings (SSSR count). The van der Waals surface area contributed by atoms with E-state index in [0.717, 1.165) is 31.5 Å². The lowest BCUT2D eigenvalue weighted by Crippen LogP contribution is -2.44. The van der Waals surface area contributed by atoms with Gasteiger partial charge in [0.25, 0.3) is 0 Å². The van der Waals surface area contributed by atoms with Gasteiger partial charge >= 0.3 is 6.03 Å². The van der Waals surface area contributed by atoms with Gasteiger partial charge in [-0.3, -0.25) is 0 Å². The second-order valence-electron chi connectivity index (χ2n) is 6.08. The zero-order valence-electron chi connectivity index (χ0n) is 13.7. The molecular formula is C16H25N3O3S. The van der Waals surface area contributed by atoms with Crippen molar-refractivity contribution in [1.29, 1.82) is 0 Å². The fourth-order valence-electron chi connectivity index (χ4n) is 2.80. The molecule has 7 heteroatoms. The molecule has 6 nitrogen and oxygen atoms in total. The van der Waals surface area contributed by atoms with Gasteiger partial charge in [0.2, 0.25) is 10.0 Å². The van der Waals surface area contributed by atoms with Gasteiger partial charge in [0, 0.05) is 19.6 Å². The molecule has 0 aliphatic carbocycles. The molecule has 2 amide bonds. The van der Waals surface area contributed by atoms with Gasteiger partial charge in [-0.25, -0.2) is 17.9 Å². The van der Waals surface area contributed by atoms with E-state index in [4.69, 9.17) is 0 Å². The van der Waals surface area contributed by atoms with Gasteiger partial charge in [0.1, 0.15) is 0 Å². The Balaban J connectivity index is 1.99. The molecule has 1 atom stereocenters. The van der Waals surface area contributed by atoms with Gasteiger partial charge in [0.15, 0.2) is 0 Å². The van der Waals surface area contributed by atoms with Crippen LogP contribution < -0.4 is 10.0 Å². The zero-order chi connectivity index (χ0) is 16.9. The van der Waals surface area contributed by atoms with Gasteiger partial charge in [0.05, 0.1) is 5.75 Å². The van der Waals surface area contributed by atoms with Crippen LogP contribution in [0.25, 0.3) is 0 Å². The predicted molar refractivity (Wildman–Crippen MR) is 90.3 cm³/mol. The van der Waals surface area contributed by atoms with Crippen molar-refractivity contribution in [2.75, 3.05) is 20.1 Å². The molecule has 1 aliphatic rings. The molecule has 1 saturated heterocycles. The Morgan fingerprint density at radius 2 is 2.00 bits per heavy atom. The van der Waals surface area contributed by atoms with Crippen LogP contribution in [0.2, 0.25) is 0 Å². The molecule has 0 spiro atoms. The summed E-state index contributed by atoms with van der Waals surface area (Å²) in [6.45, 7) is 4.05. The number of carbonyl (C=O) groups excluding carboxylic acids is 1. The van der Waals surface area contributed by atoms with Crippen molar-refractivity contribution in [3.63, 3.8) is 0 Å². The first-order chi connectivity index (χ1) is 10.9. The van der Waals surface area contributed by atoms with Gasteiger partial charge in [-0.05, 0) is 36.9 Å². The number of likely N-dealkylation sites (tertiary alicyclic amines) is 1. The minimum absolute atomic E-state index is 0.0807. The Morgan fingerprint density at radius 1 is 1.30 bits per heavy atom. The van der Waals surface area contributed by atoms with Crippen LogP contribution in [-0.2, 0) is 22.3 Å². The average molecular weight is 339 g/mol. The van der Waals surface area contributed by atoms with Crippen molar-refractivity contribution in [2.45, 2.75) is 32.1 Å². The highest BCUT2D eigenvalue weighted by Crippen LogP contribution is 2.16. The van der Waals surface area contributed by atoms with E-state index in [9.17, 15) is 13.2 Å². The first-order valence-electron chi connectivity index (χ1n) is 7.92. The number of nitrogens with one attached hydrogen (secondary N) is 2. The molecule has 1 heterocycles. The minimum atomic E-state index is -3.33. The molecule has 2 N–H and O–H groups in total. The summed E-state index contributed by atoms with van der Waals surface area (Å²) in [5, 5.41) is 2.91. The van der Waals surface area contributed by atoms with E-state index in [2.05, 4.69) is 17.0 Å². The van der Waals surface area contributed by atoms with Crippen molar-refractivity contribution >= 4 is 16.1 Å². The fraction of sp³-hybridized carbons (Fsp3) is 0.562. The Hall–Kier alpha value is -1.60. The average Bonchev–Trinajstić information content (AvgIpc) is 2.53. The lowest BCUT2D eigenvalue weighted by atomic mass is 10.0. The molecule has 0 bridgehead atoms. The van der Waals surface area contributed by atoms with E-state index in [1.54, 1.807) is 12.1 Å². The first-order valence-corrected chi connectivity index (χ1v) is 9.57. The summed E-state index contributed by atoms with van der Waals surface area (Å²) in [6.07, 6.45) is 2.19. The number of amides is 2. The van der Waals surface area contributed by atoms with Gasteiger partial charge < -0.3 is 10.2 Å². The van der Waals surface area contributed by atoms with Crippen molar-refractivity contribution in [3.8, 4) is 0 Å². The summed E-state index contributed by atoms with van der Waals surface area (Å²) in [4.78, 5) is 14.1. The second kappa shape index (κ2) is 7.79. The largest absolute Gasteiger partial charge is 0.334 e. The summed E-state index contributed by atoms with van der Waals surface area (Å²) in [5.41, 5.74) is 1.53. The third-order valence-electron chi connectivity index (χ3n) is 4.15. The maximum absolute atomic E-state index is 12.3. The van der Waals surface area contributed by atoms with Crippen LogP contribution in [0, 0.1) is 5.92 Å². The molecular weight excluding hydrogens is 314 g/mol. The number of nitrogens with zero attached hydrogens (tertiary/aromatic N) is 1. The van der Waals surface area contributed by atoms with E-state index < -0.39 is 10.0 Å². The first kappa shape index (κ1) is 17.7. The molecule has 1 fully saturated rings. The zero-order valence-corrected chi connectivity index (χ0v) is 14.5. The SMILES string of the molecule is CNS(=O)(=O)Cc1ccccc1CNC(=O)N1CCC[C@@H](C)C1. The molecule has 23 heavy (non-hydrogen) atoms. The fourth-order valence-corrected chi connectivity index (χ4v) is 3.64. The maximum atomic E-state index is 12.3. The van der Waals surface area contributed by atoms with Crippen molar-refractivity contribution in [2.24, 2.45) is 5.92 Å². The van der Waals surface area contributed by atoms with E-state index in [1.165, 1.54) is 7.05 Å². The normalized spacial score (nSPS) is 18.7. The van der Waals surface area contributed by atoms with Crippen LogP contribution in [0.15, 0.2) is 24.3 Å². The van der Waals surface area contributed by atoms with Crippen LogP contribution in [-0.4, -0.2) is 39.5 Å². The van der Waals surface area contributed by atoms with Crippen LogP contribution in [0.1, 0.15) is 30.9 Å². The molecule has 128 valence electrons. The monoisotopic (exact) mass is 339 g/mol. The smallest absolute Gasteiger partial charge is 0.317 e. The Kier molecular flexibility index (Phi) is 6.01. The lowest BCUT2D eigenvalue weighted by Gasteiger charge is -2.31. The molecule has 0 unspecified atom stereocenters. The van der Waals surface area contributed by atoms with Crippen LogP contribution in [0.3, 0.4) is 0 Å². The van der Waals surface area contributed by atoms with Gasteiger partial charge in [-0.15, -0.1) is 0 Å². The van der Waals surface area contributed by atoms with Crippen LogP contribution in [0.4, 0.5) is 4.79 Å². The third kappa shape index (κ3) is 5.21.